The van der Waals surface area contributed by atoms with Gasteiger partial charge in [-0.2, -0.15) is 0 Å². The quantitative estimate of drug-likeness (QED) is 0.184. The summed E-state index contributed by atoms with van der Waals surface area (Å²) >= 11 is 5.70. The van der Waals surface area contributed by atoms with Crippen molar-refractivity contribution in [3.8, 4) is 0 Å². The molecule has 0 spiro atoms. The van der Waals surface area contributed by atoms with Crippen molar-refractivity contribution in [2.75, 3.05) is 5.88 Å². The first-order valence-electron chi connectivity index (χ1n) is 8.04. The fraction of sp³-hybridized carbons (Fsp3) is 0.882. The summed E-state index contributed by atoms with van der Waals surface area (Å²) in [5.41, 5.74) is 1.20. The molecule has 18 heavy (non-hydrogen) atoms. The molecule has 0 aliphatic heterocycles. The lowest BCUT2D eigenvalue weighted by Gasteiger charge is -2.03. The van der Waals surface area contributed by atoms with Crippen molar-refractivity contribution >= 4 is 11.6 Å². The van der Waals surface area contributed by atoms with Crippen molar-refractivity contribution in [2.24, 2.45) is 0 Å². The van der Waals surface area contributed by atoms with Gasteiger partial charge in [-0.25, -0.2) is 0 Å². The monoisotopic (exact) mass is 272 g/mol. The van der Waals surface area contributed by atoms with Crippen molar-refractivity contribution in [3.05, 3.63) is 12.2 Å². The molecule has 0 saturated carbocycles. The number of halogens is 1. The zero-order valence-electron chi connectivity index (χ0n) is 12.5. The van der Waals surface area contributed by atoms with E-state index in [0.717, 1.165) is 6.42 Å². The van der Waals surface area contributed by atoms with Crippen LogP contribution >= 0.6 is 11.6 Å². The Balaban J connectivity index is 2.97. The molecule has 0 nitrogen and oxygen atoms in total. The smallest absolute Gasteiger partial charge is 0.0430 e. The van der Waals surface area contributed by atoms with E-state index in [1.807, 2.05) is 0 Å². The van der Waals surface area contributed by atoms with Gasteiger partial charge in [0, 0.05) is 5.88 Å². The summed E-state index contributed by atoms with van der Waals surface area (Å²) in [6.45, 7) is 6.21. The van der Waals surface area contributed by atoms with E-state index in [1.54, 1.807) is 0 Å². The summed E-state index contributed by atoms with van der Waals surface area (Å²) < 4.78 is 0. The van der Waals surface area contributed by atoms with Crippen LogP contribution in [0, 0.1) is 0 Å². The molecule has 0 aromatic carbocycles. The lowest BCUT2D eigenvalue weighted by molar-refractivity contribution is 0.544. The summed E-state index contributed by atoms with van der Waals surface area (Å²) in [5, 5.41) is 0. The molecule has 0 aliphatic carbocycles. The molecular formula is C17H33Cl. The number of hydrogen-bond donors (Lipinski definition) is 0. The fourth-order valence-corrected chi connectivity index (χ4v) is 2.42. The maximum Gasteiger partial charge on any atom is 0.0430 e. The second-order valence-electron chi connectivity index (χ2n) is 5.52. The van der Waals surface area contributed by atoms with Crippen LogP contribution in [0.5, 0.6) is 0 Å². The van der Waals surface area contributed by atoms with E-state index in [-0.39, 0.29) is 0 Å². The number of allylic oxidation sites excluding steroid dienone is 1. The Kier molecular flexibility index (Phi) is 15.1. The van der Waals surface area contributed by atoms with Gasteiger partial charge < -0.3 is 0 Å². The van der Waals surface area contributed by atoms with E-state index in [4.69, 9.17) is 11.6 Å². The van der Waals surface area contributed by atoms with E-state index in [0.29, 0.717) is 5.88 Å². The zero-order valence-corrected chi connectivity index (χ0v) is 13.2. The minimum absolute atomic E-state index is 0.637. The third kappa shape index (κ3) is 14.1. The van der Waals surface area contributed by atoms with Crippen molar-refractivity contribution < 1.29 is 0 Å². The lowest BCUT2D eigenvalue weighted by atomic mass is 10.0. The first-order chi connectivity index (χ1) is 8.81. The van der Waals surface area contributed by atoms with Crippen LogP contribution in [0.4, 0.5) is 0 Å². The van der Waals surface area contributed by atoms with Crippen LogP contribution < -0.4 is 0 Å². The Hall–Kier alpha value is 0.0300. The van der Waals surface area contributed by atoms with Crippen LogP contribution in [0.1, 0.15) is 90.4 Å². The largest absolute Gasteiger partial charge is 0.122 e. The van der Waals surface area contributed by atoms with Crippen LogP contribution in [0.25, 0.3) is 0 Å². The van der Waals surface area contributed by atoms with Crippen LogP contribution in [0.3, 0.4) is 0 Å². The van der Waals surface area contributed by atoms with Gasteiger partial charge in [0.15, 0.2) is 0 Å². The van der Waals surface area contributed by atoms with E-state index in [2.05, 4.69) is 13.5 Å². The Bertz CT molecular complexity index is 174. The highest BCUT2D eigenvalue weighted by molar-refractivity contribution is 6.19. The highest BCUT2D eigenvalue weighted by Crippen LogP contribution is 2.13. The molecular weight excluding hydrogens is 240 g/mol. The molecule has 0 bridgehead atoms. The summed E-state index contributed by atoms with van der Waals surface area (Å²) in [6.07, 6.45) is 18.0. The summed E-state index contributed by atoms with van der Waals surface area (Å²) in [7, 11) is 0. The molecule has 108 valence electrons. The fourth-order valence-electron chi connectivity index (χ4n) is 2.28. The van der Waals surface area contributed by atoms with Gasteiger partial charge in [0.25, 0.3) is 0 Å². The second kappa shape index (κ2) is 15.1. The maximum absolute atomic E-state index is 5.70. The molecule has 0 unspecified atom stereocenters. The number of unbranched alkanes of at least 4 members (excludes halogenated alkanes) is 11. The lowest BCUT2D eigenvalue weighted by Crippen LogP contribution is -1.85. The molecule has 1 heteroatoms. The Morgan fingerprint density at radius 2 is 1.11 bits per heavy atom. The molecule has 0 heterocycles. The van der Waals surface area contributed by atoms with E-state index < -0.39 is 0 Å². The van der Waals surface area contributed by atoms with Gasteiger partial charge >= 0.3 is 0 Å². The topological polar surface area (TPSA) is 0 Å². The van der Waals surface area contributed by atoms with Gasteiger partial charge in [-0.15, -0.1) is 11.6 Å². The average Bonchev–Trinajstić information content (AvgIpc) is 2.39. The van der Waals surface area contributed by atoms with Crippen LogP contribution in [0.2, 0.25) is 0 Å². The Labute approximate surface area is 120 Å². The van der Waals surface area contributed by atoms with Crippen molar-refractivity contribution in [1.29, 1.82) is 0 Å². The standard InChI is InChI=1S/C17H33Cl/c1-3-4-5-6-7-8-9-10-11-12-13-14-15-17(2)16-18/h2-16H2,1H3. The Morgan fingerprint density at radius 1 is 0.722 bits per heavy atom. The first-order valence-corrected chi connectivity index (χ1v) is 8.57. The van der Waals surface area contributed by atoms with Gasteiger partial charge in [0.1, 0.15) is 0 Å². The summed E-state index contributed by atoms with van der Waals surface area (Å²) in [5.74, 6) is 0.637. The van der Waals surface area contributed by atoms with Gasteiger partial charge in [-0.1, -0.05) is 89.7 Å². The molecule has 0 aliphatic rings. The molecule has 0 aromatic rings. The van der Waals surface area contributed by atoms with E-state index >= 15 is 0 Å². The minimum Gasteiger partial charge on any atom is -0.122 e. The van der Waals surface area contributed by atoms with E-state index in [9.17, 15) is 0 Å². The molecule has 0 radical (unpaired) electrons. The average molecular weight is 273 g/mol. The maximum atomic E-state index is 5.70. The van der Waals surface area contributed by atoms with Gasteiger partial charge in [0.2, 0.25) is 0 Å². The third-order valence-corrected chi connectivity index (χ3v) is 3.95. The minimum atomic E-state index is 0.637. The molecule has 0 rings (SSSR count). The molecule has 0 saturated heterocycles. The molecule has 0 fully saturated rings. The van der Waals surface area contributed by atoms with Gasteiger partial charge in [0.05, 0.1) is 0 Å². The predicted molar refractivity (Wildman–Crippen MR) is 85.6 cm³/mol. The van der Waals surface area contributed by atoms with Gasteiger partial charge in [-0.3, -0.25) is 0 Å². The molecule has 0 atom stereocenters. The number of rotatable bonds is 14. The van der Waals surface area contributed by atoms with Crippen LogP contribution in [-0.2, 0) is 0 Å². The summed E-state index contributed by atoms with van der Waals surface area (Å²) in [6, 6.07) is 0. The van der Waals surface area contributed by atoms with Crippen molar-refractivity contribution in [1.82, 2.24) is 0 Å². The highest BCUT2D eigenvalue weighted by atomic mass is 35.5. The first kappa shape index (κ1) is 18.0. The highest BCUT2D eigenvalue weighted by Gasteiger charge is 1.95. The zero-order chi connectivity index (χ0) is 13.5. The van der Waals surface area contributed by atoms with Crippen molar-refractivity contribution in [2.45, 2.75) is 90.4 Å². The Morgan fingerprint density at radius 3 is 1.50 bits per heavy atom. The molecule has 0 amide bonds. The molecule has 0 aromatic heterocycles. The van der Waals surface area contributed by atoms with Crippen molar-refractivity contribution in [3.63, 3.8) is 0 Å². The number of hydrogen-bond acceptors (Lipinski definition) is 0. The SMILES string of the molecule is C=C(CCl)CCCCCCCCCCCCCC. The van der Waals surface area contributed by atoms with Crippen LogP contribution in [-0.4, -0.2) is 5.88 Å². The summed E-state index contributed by atoms with van der Waals surface area (Å²) in [4.78, 5) is 0. The normalized spacial score (nSPS) is 10.8. The predicted octanol–water partition coefficient (Wildman–Crippen LogP) is 6.87. The van der Waals surface area contributed by atoms with Crippen LogP contribution in [0.15, 0.2) is 12.2 Å². The molecule has 0 N–H and O–H groups in total. The second-order valence-corrected chi connectivity index (χ2v) is 5.79. The third-order valence-electron chi connectivity index (χ3n) is 3.57. The van der Waals surface area contributed by atoms with E-state index in [1.165, 1.54) is 82.6 Å². The van der Waals surface area contributed by atoms with Gasteiger partial charge in [-0.05, 0) is 12.8 Å². The number of alkyl halides is 1.